The lowest BCUT2D eigenvalue weighted by Crippen LogP contribution is -2.29. The molecule has 24 heavy (non-hydrogen) atoms. The molecular weight excluding hydrogens is 350 g/mol. The minimum atomic E-state index is -0.398. The third-order valence-electron chi connectivity index (χ3n) is 2.85. The van der Waals surface area contributed by atoms with Gasteiger partial charge in [-0.3, -0.25) is 14.9 Å². The molecule has 0 spiro atoms. The van der Waals surface area contributed by atoms with Crippen LogP contribution in [0.5, 0.6) is 0 Å². The van der Waals surface area contributed by atoms with E-state index in [1.165, 1.54) is 23.7 Å². The lowest BCUT2D eigenvalue weighted by molar-refractivity contribution is -0.117. The number of anilines is 1. The molecule has 3 rings (SSSR count). The number of thioether (sulfide) groups is 1. The van der Waals surface area contributed by atoms with Crippen molar-refractivity contribution in [1.29, 1.82) is 0 Å². The van der Waals surface area contributed by atoms with Gasteiger partial charge in [0.2, 0.25) is 11.0 Å². The molecule has 0 aliphatic rings. The average molecular weight is 363 g/mol. The first-order valence-corrected chi connectivity index (χ1v) is 8.84. The van der Waals surface area contributed by atoms with E-state index in [4.69, 9.17) is 4.42 Å². The van der Waals surface area contributed by atoms with Gasteiger partial charge in [-0.05, 0) is 24.0 Å². The Kier molecular flexibility index (Phi) is 5.06. The molecule has 10 heteroatoms. The van der Waals surface area contributed by atoms with Crippen LogP contribution in [0.15, 0.2) is 44.1 Å². The molecule has 124 valence electrons. The van der Waals surface area contributed by atoms with Gasteiger partial charge in [-0.1, -0.05) is 30.0 Å². The Morgan fingerprint density at radius 2 is 2.25 bits per heavy atom. The Morgan fingerprint density at radius 1 is 1.38 bits per heavy atom. The van der Waals surface area contributed by atoms with E-state index in [1.54, 1.807) is 30.0 Å². The number of aromatic nitrogens is 4. The number of amides is 1. The van der Waals surface area contributed by atoms with Gasteiger partial charge in [-0.25, -0.2) is 4.68 Å². The zero-order valence-electron chi connectivity index (χ0n) is 12.6. The van der Waals surface area contributed by atoms with Crippen LogP contribution in [0, 0.1) is 0 Å². The van der Waals surface area contributed by atoms with Gasteiger partial charge in [-0.15, -0.1) is 10.2 Å². The fourth-order valence-corrected chi connectivity index (χ4v) is 3.52. The molecule has 3 aromatic heterocycles. The maximum Gasteiger partial charge on any atom is 0.267 e. The summed E-state index contributed by atoms with van der Waals surface area (Å²) in [6.45, 7) is 1.79. The number of furan rings is 1. The average Bonchev–Trinajstić information content (AvgIpc) is 3.22. The molecule has 1 N–H and O–H groups in total. The predicted octanol–water partition coefficient (Wildman–Crippen LogP) is 2.11. The maximum absolute atomic E-state index is 12.1. The standard InChI is InChI=1S/C14H13N5O3S2/c1-2-23-14-17-16-13(24-14)15-11(20)8-19-12(21)6-5-9(18-19)10-4-3-7-22-10/h3-7H,2,8H2,1H3,(H,15,16,20). The van der Waals surface area contributed by atoms with Gasteiger partial charge in [0.1, 0.15) is 12.2 Å². The second-order valence-corrected chi connectivity index (χ2v) is 7.03. The fourth-order valence-electron chi connectivity index (χ4n) is 1.85. The first-order chi connectivity index (χ1) is 11.7. The van der Waals surface area contributed by atoms with Crippen molar-refractivity contribution in [2.75, 3.05) is 11.1 Å². The monoisotopic (exact) mass is 363 g/mol. The van der Waals surface area contributed by atoms with E-state index in [0.29, 0.717) is 16.6 Å². The van der Waals surface area contributed by atoms with Crippen molar-refractivity contribution in [3.05, 3.63) is 40.9 Å². The molecule has 0 radical (unpaired) electrons. The SMILES string of the molecule is CCSc1nnc(NC(=O)Cn2nc(-c3ccco3)ccc2=O)s1. The Balaban J connectivity index is 1.71. The lowest BCUT2D eigenvalue weighted by atomic mass is 10.3. The zero-order valence-corrected chi connectivity index (χ0v) is 14.3. The summed E-state index contributed by atoms with van der Waals surface area (Å²) in [5.41, 5.74) is 0.102. The molecule has 1 amide bonds. The van der Waals surface area contributed by atoms with Crippen LogP contribution < -0.4 is 10.9 Å². The van der Waals surface area contributed by atoms with Gasteiger partial charge in [0, 0.05) is 6.07 Å². The van der Waals surface area contributed by atoms with E-state index in [9.17, 15) is 9.59 Å². The highest BCUT2D eigenvalue weighted by molar-refractivity contribution is 8.01. The first-order valence-electron chi connectivity index (χ1n) is 7.04. The second-order valence-electron chi connectivity index (χ2n) is 4.55. The Bertz CT molecular complexity index is 888. The van der Waals surface area contributed by atoms with Gasteiger partial charge in [0.15, 0.2) is 10.1 Å². The molecule has 0 aliphatic heterocycles. The van der Waals surface area contributed by atoms with Gasteiger partial charge >= 0.3 is 0 Å². The zero-order chi connectivity index (χ0) is 16.9. The third kappa shape index (κ3) is 3.89. The highest BCUT2D eigenvalue weighted by atomic mass is 32.2. The Morgan fingerprint density at radius 3 is 3.00 bits per heavy atom. The number of hydrogen-bond donors (Lipinski definition) is 1. The van der Waals surface area contributed by atoms with Crippen molar-refractivity contribution in [2.45, 2.75) is 17.8 Å². The topological polar surface area (TPSA) is 103 Å². The first kappa shape index (κ1) is 16.4. The van der Waals surface area contributed by atoms with Crippen molar-refractivity contribution in [2.24, 2.45) is 0 Å². The van der Waals surface area contributed by atoms with Crippen LogP contribution in [-0.2, 0) is 11.3 Å². The van der Waals surface area contributed by atoms with Gasteiger partial charge in [-0.2, -0.15) is 5.10 Å². The van der Waals surface area contributed by atoms with E-state index in [0.717, 1.165) is 14.8 Å². The van der Waals surface area contributed by atoms with E-state index in [1.807, 2.05) is 6.92 Å². The summed E-state index contributed by atoms with van der Waals surface area (Å²) in [5.74, 6) is 1.00. The maximum atomic E-state index is 12.1. The van der Waals surface area contributed by atoms with Crippen molar-refractivity contribution >= 4 is 34.1 Å². The van der Waals surface area contributed by atoms with E-state index in [2.05, 4.69) is 20.6 Å². The van der Waals surface area contributed by atoms with Crippen molar-refractivity contribution in [1.82, 2.24) is 20.0 Å². The number of rotatable bonds is 6. The summed E-state index contributed by atoms with van der Waals surface area (Å²) >= 11 is 2.83. The van der Waals surface area contributed by atoms with Crippen LogP contribution in [0.3, 0.4) is 0 Å². The smallest absolute Gasteiger partial charge is 0.267 e. The number of hydrogen-bond acceptors (Lipinski definition) is 8. The van der Waals surface area contributed by atoms with E-state index >= 15 is 0 Å². The largest absolute Gasteiger partial charge is 0.463 e. The molecular formula is C14H13N5O3S2. The van der Waals surface area contributed by atoms with Crippen LogP contribution in [0.1, 0.15) is 6.92 Å². The molecule has 0 aromatic carbocycles. The van der Waals surface area contributed by atoms with Crippen LogP contribution in [0.4, 0.5) is 5.13 Å². The highest BCUT2D eigenvalue weighted by Crippen LogP contribution is 2.24. The number of carbonyl (C=O) groups is 1. The molecule has 0 bridgehead atoms. The van der Waals surface area contributed by atoms with Gasteiger partial charge in [0.05, 0.1) is 6.26 Å². The van der Waals surface area contributed by atoms with E-state index in [-0.39, 0.29) is 12.1 Å². The van der Waals surface area contributed by atoms with E-state index < -0.39 is 5.91 Å². The predicted molar refractivity (Wildman–Crippen MR) is 91.1 cm³/mol. The summed E-state index contributed by atoms with van der Waals surface area (Å²) in [4.78, 5) is 24.0. The van der Waals surface area contributed by atoms with Crippen molar-refractivity contribution in [3.8, 4) is 11.5 Å². The summed E-state index contributed by atoms with van der Waals surface area (Å²) in [6.07, 6.45) is 1.51. The molecule has 0 atom stereocenters. The molecule has 0 aliphatic carbocycles. The minimum Gasteiger partial charge on any atom is -0.463 e. The second kappa shape index (κ2) is 7.41. The fraction of sp³-hybridized carbons (Fsp3) is 0.214. The Hall–Kier alpha value is -2.46. The third-order valence-corrected chi connectivity index (χ3v) is 4.71. The summed E-state index contributed by atoms with van der Waals surface area (Å²) in [5, 5.41) is 15.0. The van der Waals surface area contributed by atoms with Crippen LogP contribution >= 0.6 is 23.1 Å². The molecule has 0 unspecified atom stereocenters. The summed E-state index contributed by atoms with van der Waals surface area (Å²) in [6, 6.07) is 6.35. The van der Waals surface area contributed by atoms with Crippen LogP contribution in [-0.4, -0.2) is 31.6 Å². The normalized spacial score (nSPS) is 10.7. The molecule has 0 fully saturated rings. The summed E-state index contributed by atoms with van der Waals surface area (Å²) < 4.78 is 7.10. The Labute approximate surface area is 144 Å². The molecule has 8 nitrogen and oxygen atoms in total. The van der Waals surface area contributed by atoms with Gasteiger partial charge in [0.25, 0.3) is 5.56 Å². The number of carbonyl (C=O) groups excluding carboxylic acids is 1. The molecule has 3 aromatic rings. The molecule has 0 saturated heterocycles. The lowest BCUT2D eigenvalue weighted by Gasteiger charge is -2.05. The van der Waals surface area contributed by atoms with Gasteiger partial charge < -0.3 is 4.42 Å². The van der Waals surface area contributed by atoms with Crippen molar-refractivity contribution in [3.63, 3.8) is 0 Å². The van der Waals surface area contributed by atoms with Crippen LogP contribution in [0.2, 0.25) is 0 Å². The number of nitrogens with one attached hydrogen (secondary N) is 1. The minimum absolute atomic E-state index is 0.219. The summed E-state index contributed by atoms with van der Waals surface area (Å²) in [7, 11) is 0. The number of nitrogens with zero attached hydrogens (tertiary/aromatic N) is 4. The molecule has 3 heterocycles. The molecule has 0 saturated carbocycles. The highest BCUT2D eigenvalue weighted by Gasteiger charge is 2.12. The van der Waals surface area contributed by atoms with Crippen molar-refractivity contribution < 1.29 is 9.21 Å². The quantitative estimate of drug-likeness (QED) is 0.528. The van der Waals surface area contributed by atoms with Crippen LogP contribution in [0.25, 0.3) is 11.5 Å².